The van der Waals surface area contributed by atoms with Crippen LogP contribution < -0.4 is 16.8 Å². The average molecular weight is 395 g/mol. The molecule has 1 heterocycles. The molecule has 3 aromatic rings. The van der Waals surface area contributed by atoms with Gasteiger partial charge in [-0.3, -0.25) is 19.5 Å². The third-order valence-corrected chi connectivity index (χ3v) is 4.34. The topological polar surface area (TPSA) is 144 Å². The minimum absolute atomic E-state index is 0.0705. The van der Waals surface area contributed by atoms with Crippen molar-refractivity contribution in [3.8, 4) is 11.3 Å². The van der Waals surface area contributed by atoms with Crippen molar-refractivity contribution in [2.45, 2.75) is 12.5 Å². The lowest BCUT2D eigenvalue weighted by Crippen LogP contribution is -2.33. The SMILES string of the molecule is NC(=O)C[C@H](NC(=O)c1cn[nH]c1-c1ccccc1F)c1ccccc1C(N)=O. The van der Waals surface area contributed by atoms with Gasteiger partial charge in [0.25, 0.3) is 5.91 Å². The van der Waals surface area contributed by atoms with Crippen molar-refractivity contribution in [1.82, 2.24) is 15.5 Å². The van der Waals surface area contributed by atoms with E-state index in [1.54, 1.807) is 24.3 Å². The molecule has 0 radical (unpaired) electrons. The Bertz CT molecular complexity index is 1080. The molecule has 3 amide bonds. The number of aromatic nitrogens is 2. The number of nitrogens with one attached hydrogen (secondary N) is 2. The number of halogens is 1. The Morgan fingerprint density at radius 3 is 2.41 bits per heavy atom. The molecule has 148 valence electrons. The standard InChI is InChI=1S/C20H18FN5O3/c21-15-8-4-3-7-13(15)18-14(10-24-26-18)20(29)25-16(9-17(22)27)11-5-1-2-6-12(11)19(23)28/h1-8,10,16H,9H2,(H2,22,27)(H2,23,28)(H,24,26)(H,25,29)/t16-/m0/s1. The summed E-state index contributed by atoms with van der Waals surface area (Å²) in [5.41, 5.74) is 11.6. The van der Waals surface area contributed by atoms with Gasteiger partial charge in [-0.1, -0.05) is 30.3 Å². The number of benzene rings is 2. The van der Waals surface area contributed by atoms with E-state index >= 15 is 0 Å². The Hall–Kier alpha value is -4.01. The van der Waals surface area contributed by atoms with E-state index in [1.807, 2.05) is 0 Å². The first kappa shape index (κ1) is 19.7. The molecule has 0 saturated carbocycles. The highest BCUT2D eigenvalue weighted by molar-refractivity contribution is 6.00. The van der Waals surface area contributed by atoms with Gasteiger partial charge in [0.1, 0.15) is 5.82 Å². The summed E-state index contributed by atoms with van der Waals surface area (Å²) in [5, 5.41) is 9.10. The zero-order chi connectivity index (χ0) is 21.0. The van der Waals surface area contributed by atoms with Crippen LogP contribution in [0.2, 0.25) is 0 Å². The molecule has 0 bridgehead atoms. The Balaban J connectivity index is 1.96. The van der Waals surface area contributed by atoms with E-state index in [2.05, 4.69) is 15.5 Å². The van der Waals surface area contributed by atoms with Crippen molar-refractivity contribution >= 4 is 17.7 Å². The van der Waals surface area contributed by atoms with Crippen molar-refractivity contribution < 1.29 is 18.8 Å². The Morgan fingerprint density at radius 1 is 1.03 bits per heavy atom. The van der Waals surface area contributed by atoms with E-state index in [9.17, 15) is 18.8 Å². The smallest absolute Gasteiger partial charge is 0.255 e. The quantitative estimate of drug-likeness (QED) is 0.482. The van der Waals surface area contributed by atoms with Gasteiger partial charge in [0, 0.05) is 11.1 Å². The van der Waals surface area contributed by atoms with Crippen LogP contribution in [0, 0.1) is 5.82 Å². The van der Waals surface area contributed by atoms with Crippen molar-refractivity contribution in [2.75, 3.05) is 0 Å². The number of nitrogens with two attached hydrogens (primary N) is 2. The van der Waals surface area contributed by atoms with Crippen molar-refractivity contribution in [3.63, 3.8) is 0 Å². The van der Waals surface area contributed by atoms with Crippen molar-refractivity contribution in [1.29, 1.82) is 0 Å². The molecule has 0 aliphatic carbocycles. The predicted octanol–water partition coefficient (Wildman–Crippen LogP) is 1.66. The van der Waals surface area contributed by atoms with Crippen LogP contribution in [0.5, 0.6) is 0 Å². The second-order valence-corrected chi connectivity index (χ2v) is 6.29. The minimum Gasteiger partial charge on any atom is -0.370 e. The predicted molar refractivity (Wildman–Crippen MR) is 103 cm³/mol. The van der Waals surface area contributed by atoms with Crippen LogP contribution >= 0.6 is 0 Å². The number of nitrogens with zero attached hydrogens (tertiary/aromatic N) is 1. The highest BCUT2D eigenvalue weighted by Crippen LogP contribution is 2.26. The lowest BCUT2D eigenvalue weighted by molar-refractivity contribution is -0.118. The number of carbonyl (C=O) groups is 3. The lowest BCUT2D eigenvalue weighted by atomic mass is 9.96. The molecule has 1 atom stereocenters. The van der Waals surface area contributed by atoms with Gasteiger partial charge in [-0.15, -0.1) is 0 Å². The third kappa shape index (κ3) is 4.29. The molecule has 3 rings (SSSR count). The van der Waals surface area contributed by atoms with Crippen LogP contribution in [-0.4, -0.2) is 27.9 Å². The van der Waals surface area contributed by atoms with Crippen molar-refractivity contribution in [3.05, 3.63) is 77.2 Å². The molecule has 8 nitrogen and oxygen atoms in total. The van der Waals surface area contributed by atoms with Gasteiger partial charge in [-0.2, -0.15) is 5.10 Å². The molecule has 1 aromatic heterocycles. The normalized spacial score (nSPS) is 11.6. The number of hydrogen-bond donors (Lipinski definition) is 4. The molecular formula is C20H18FN5O3. The second-order valence-electron chi connectivity index (χ2n) is 6.29. The fourth-order valence-corrected chi connectivity index (χ4v) is 3.03. The molecule has 9 heteroatoms. The maximum Gasteiger partial charge on any atom is 0.255 e. The molecule has 0 saturated heterocycles. The fraction of sp³-hybridized carbons (Fsp3) is 0.100. The Morgan fingerprint density at radius 2 is 1.72 bits per heavy atom. The summed E-state index contributed by atoms with van der Waals surface area (Å²) in [5.74, 6) is -2.54. The summed E-state index contributed by atoms with van der Waals surface area (Å²) < 4.78 is 14.1. The summed E-state index contributed by atoms with van der Waals surface area (Å²) in [6, 6.07) is 11.3. The van der Waals surface area contributed by atoms with E-state index in [0.29, 0.717) is 5.56 Å². The molecule has 6 N–H and O–H groups in total. The molecule has 0 aliphatic rings. The van der Waals surface area contributed by atoms with E-state index in [-0.39, 0.29) is 28.8 Å². The number of aromatic amines is 1. The highest BCUT2D eigenvalue weighted by atomic mass is 19.1. The highest BCUT2D eigenvalue weighted by Gasteiger charge is 2.25. The first-order chi connectivity index (χ1) is 13.9. The molecule has 0 spiro atoms. The number of rotatable bonds is 7. The molecule has 0 fully saturated rings. The van der Waals surface area contributed by atoms with Crippen LogP contribution in [0.1, 0.15) is 38.7 Å². The lowest BCUT2D eigenvalue weighted by Gasteiger charge is -2.20. The van der Waals surface area contributed by atoms with Gasteiger partial charge >= 0.3 is 0 Å². The zero-order valence-corrected chi connectivity index (χ0v) is 15.2. The number of hydrogen-bond acceptors (Lipinski definition) is 4. The second kappa shape index (κ2) is 8.34. The summed E-state index contributed by atoms with van der Waals surface area (Å²) >= 11 is 0. The summed E-state index contributed by atoms with van der Waals surface area (Å²) in [6.07, 6.45) is 0.987. The van der Waals surface area contributed by atoms with Gasteiger partial charge in [-0.25, -0.2) is 4.39 Å². The average Bonchev–Trinajstić information content (AvgIpc) is 3.17. The fourth-order valence-electron chi connectivity index (χ4n) is 3.03. The van der Waals surface area contributed by atoms with Crippen molar-refractivity contribution in [2.24, 2.45) is 11.5 Å². The van der Waals surface area contributed by atoms with E-state index in [4.69, 9.17) is 11.5 Å². The van der Waals surface area contributed by atoms with E-state index < -0.39 is 29.6 Å². The van der Waals surface area contributed by atoms with Crippen LogP contribution in [0.4, 0.5) is 4.39 Å². The zero-order valence-electron chi connectivity index (χ0n) is 15.2. The molecule has 0 unspecified atom stereocenters. The number of carbonyl (C=O) groups excluding carboxylic acids is 3. The van der Waals surface area contributed by atoms with Crippen LogP contribution in [0.15, 0.2) is 54.7 Å². The largest absolute Gasteiger partial charge is 0.370 e. The number of primary amides is 2. The summed E-state index contributed by atoms with van der Waals surface area (Å²) in [4.78, 5) is 36.2. The van der Waals surface area contributed by atoms with Gasteiger partial charge in [0.15, 0.2) is 0 Å². The van der Waals surface area contributed by atoms with E-state index in [1.165, 1.54) is 30.5 Å². The number of amides is 3. The maximum absolute atomic E-state index is 14.1. The Kier molecular flexibility index (Phi) is 5.68. The van der Waals surface area contributed by atoms with Gasteiger partial charge in [0.05, 0.1) is 29.9 Å². The summed E-state index contributed by atoms with van der Waals surface area (Å²) in [7, 11) is 0. The summed E-state index contributed by atoms with van der Waals surface area (Å²) in [6.45, 7) is 0. The molecule has 0 aliphatic heterocycles. The van der Waals surface area contributed by atoms with E-state index in [0.717, 1.165) is 0 Å². The molecule has 29 heavy (non-hydrogen) atoms. The molecular weight excluding hydrogens is 377 g/mol. The Labute approximate surface area is 165 Å². The number of H-pyrrole nitrogens is 1. The maximum atomic E-state index is 14.1. The molecule has 2 aromatic carbocycles. The van der Waals surface area contributed by atoms with Gasteiger partial charge < -0.3 is 16.8 Å². The minimum atomic E-state index is -0.910. The van der Waals surface area contributed by atoms with Crippen LogP contribution in [-0.2, 0) is 4.79 Å². The first-order valence-electron chi connectivity index (χ1n) is 8.64. The van der Waals surface area contributed by atoms with Gasteiger partial charge in [-0.05, 0) is 23.8 Å². The third-order valence-electron chi connectivity index (χ3n) is 4.34. The van der Waals surface area contributed by atoms with Crippen LogP contribution in [0.3, 0.4) is 0 Å². The van der Waals surface area contributed by atoms with Gasteiger partial charge in [0.2, 0.25) is 11.8 Å². The van der Waals surface area contributed by atoms with Crippen LogP contribution in [0.25, 0.3) is 11.3 Å². The first-order valence-corrected chi connectivity index (χ1v) is 8.64. The monoisotopic (exact) mass is 395 g/mol.